The van der Waals surface area contributed by atoms with Gasteiger partial charge in [-0.25, -0.2) is 0 Å². The second kappa shape index (κ2) is 5.55. The fourth-order valence-corrected chi connectivity index (χ4v) is 2.75. The first-order chi connectivity index (χ1) is 9.07. The number of aliphatic hydroxyl groups is 1. The van der Waals surface area contributed by atoms with E-state index < -0.39 is 5.54 Å². The summed E-state index contributed by atoms with van der Waals surface area (Å²) in [6.07, 6.45) is 0. The molecule has 0 aliphatic heterocycles. The topological polar surface area (TPSA) is 49.3 Å². The van der Waals surface area contributed by atoms with E-state index in [-0.39, 0.29) is 12.5 Å². The number of thiophene rings is 1. The summed E-state index contributed by atoms with van der Waals surface area (Å²) in [5, 5.41) is 16.3. The van der Waals surface area contributed by atoms with Gasteiger partial charge in [-0.15, -0.1) is 0 Å². The fraction of sp³-hybridized carbons (Fsp3) is 0.267. The van der Waals surface area contributed by atoms with Crippen LogP contribution >= 0.6 is 11.3 Å². The standard InChI is InChI=1S/C15H17NO2S/c1-11-8-19-9-13(11)14(18)16-15(2,10-17)12-6-4-3-5-7-12/h3-9,17H,10H2,1-2H3,(H,16,18). The summed E-state index contributed by atoms with van der Waals surface area (Å²) in [5.41, 5.74) is 1.74. The highest BCUT2D eigenvalue weighted by molar-refractivity contribution is 7.08. The second-order valence-electron chi connectivity index (χ2n) is 4.78. The van der Waals surface area contributed by atoms with Crippen LogP contribution in [0.2, 0.25) is 0 Å². The van der Waals surface area contributed by atoms with E-state index in [1.165, 1.54) is 11.3 Å². The Morgan fingerprint density at radius 1 is 1.32 bits per heavy atom. The van der Waals surface area contributed by atoms with E-state index in [0.717, 1.165) is 11.1 Å². The van der Waals surface area contributed by atoms with Gasteiger partial charge in [-0.05, 0) is 30.4 Å². The van der Waals surface area contributed by atoms with Gasteiger partial charge in [-0.2, -0.15) is 11.3 Å². The molecule has 1 aromatic carbocycles. The first kappa shape index (κ1) is 13.8. The van der Waals surface area contributed by atoms with Crippen molar-refractivity contribution in [3.8, 4) is 0 Å². The van der Waals surface area contributed by atoms with Gasteiger partial charge >= 0.3 is 0 Å². The van der Waals surface area contributed by atoms with Gasteiger partial charge in [-0.3, -0.25) is 4.79 Å². The lowest BCUT2D eigenvalue weighted by atomic mass is 9.92. The van der Waals surface area contributed by atoms with Crippen LogP contribution in [0, 0.1) is 6.92 Å². The van der Waals surface area contributed by atoms with Crippen molar-refractivity contribution in [1.82, 2.24) is 5.32 Å². The van der Waals surface area contributed by atoms with Gasteiger partial charge in [-0.1, -0.05) is 30.3 Å². The zero-order valence-corrected chi connectivity index (χ0v) is 11.8. The molecule has 1 amide bonds. The summed E-state index contributed by atoms with van der Waals surface area (Å²) in [5.74, 6) is -0.154. The smallest absolute Gasteiger partial charge is 0.253 e. The summed E-state index contributed by atoms with van der Waals surface area (Å²) < 4.78 is 0. The first-order valence-electron chi connectivity index (χ1n) is 6.08. The van der Waals surface area contributed by atoms with Crippen LogP contribution < -0.4 is 5.32 Å². The van der Waals surface area contributed by atoms with Crippen LogP contribution in [-0.2, 0) is 5.54 Å². The molecule has 1 aromatic heterocycles. The fourth-order valence-electron chi connectivity index (χ4n) is 1.92. The maximum atomic E-state index is 12.3. The number of carbonyl (C=O) groups excluding carboxylic acids is 1. The summed E-state index contributed by atoms with van der Waals surface area (Å²) >= 11 is 1.50. The van der Waals surface area contributed by atoms with Crippen LogP contribution in [0.5, 0.6) is 0 Å². The Hall–Kier alpha value is -1.65. The molecule has 2 aromatic rings. The van der Waals surface area contributed by atoms with Crippen molar-refractivity contribution in [2.75, 3.05) is 6.61 Å². The summed E-state index contributed by atoms with van der Waals surface area (Å²) in [6.45, 7) is 3.58. The lowest BCUT2D eigenvalue weighted by Gasteiger charge is -2.29. The maximum Gasteiger partial charge on any atom is 0.253 e. The molecule has 0 fully saturated rings. The van der Waals surface area contributed by atoms with Crippen molar-refractivity contribution in [1.29, 1.82) is 0 Å². The zero-order valence-electron chi connectivity index (χ0n) is 11.0. The maximum absolute atomic E-state index is 12.3. The van der Waals surface area contributed by atoms with Gasteiger partial charge in [0.1, 0.15) is 0 Å². The number of hydrogen-bond donors (Lipinski definition) is 2. The molecule has 0 saturated heterocycles. The van der Waals surface area contributed by atoms with E-state index in [2.05, 4.69) is 5.32 Å². The van der Waals surface area contributed by atoms with Gasteiger partial charge in [0.15, 0.2) is 0 Å². The number of carbonyl (C=O) groups is 1. The van der Waals surface area contributed by atoms with Crippen LogP contribution in [0.1, 0.15) is 28.4 Å². The van der Waals surface area contributed by atoms with Crippen LogP contribution in [-0.4, -0.2) is 17.6 Å². The molecule has 1 heterocycles. The van der Waals surface area contributed by atoms with Crippen molar-refractivity contribution in [3.05, 3.63) is 57.8 Å². The van der Waals surface area contributed by atoms with Gasteiger partial charge in [0.25, 0.3) is 5.91 Å². The van der Waals surface area contributed by atoms with Gasteiger partial charge in [0.05, 0.1) is 17.7 Å². The van der Waals surface area contributed by atoms with E-state index in [0.29, 0.717) is 5.56 Å². The molecule has 1 unspecified atom stereocenters. The van der Waals surface area contributed by atoms with Crippen molar-refractivity contribution >= 4 is 17.2 Å². The summed E-state index contributed by atoms with van der Waals surface area (Å²) in [7, 11) is 0. The number of aliphatic hydroxyl groups excluding tert-OH is 1. The van der Waals surface area contributed by atoms with Crippen LogP contribution in [0.4, 0.5) is 0 Å². The Bertz CT molecular complexity index is 565. The SMILES string of the molecule is Cc1cscc1C(=O)NC(C)(CO)c1ccccc1. The molecule has 0 aliphatic rings. The Morgan fingerprint density at radius 3 is 2.53 bits per heavy atom. The van der Waals surface area contributed by atoms with Crippen molar-refractivity contribution < 1.29 is 9.90 Å². The minimum atomic E-state index is -0.771. The number of nitrogens with one attached hydrogen (secondary N) is 1. The Labute approximate surface area is 116 Å². The molecule has 0 spiro atoms. The van der Waals surface area contributed by atoms with Gasteiger partial charge in [0, 0.05) is 5.38 Å². The van der Waals surface area contributed by atoms with Crippen LogP contribution in [0.15, 0.2) is 41.1 Å². The van der Waals surface area contributed by atoms with E-state index in [4.69, 9.17) is 0 Å². The summed E-state index contributed by atoms with van der Waals surface area (Å²) in [4.78, 5) is 12.3. The lowest BCUT2D eigenvalue weighted by molar-refractivity contribution is 0.0849. The molecule has 1 atom stereocenters. The predicted molar refractivity (Wildman–Crippen MR) is 77.4 cm³/mol. The van der Waals surface area contributed by atoms with Crippen molar-refractivity contribution in [2.45, 2.75) is 19.4 Å². The Kier molecular flexibility index (Phi) is 4.02. The zero-order chi connectivity index (χ0) is 13.9. The van der Waals surface area contributed by atoms with Crippen molar-refractivity contribution in [2.24, 2.45) is 0 Å². The third kappa shape index (κ3) is 2.85. The third-order valence-electron chi connectivity index (χ3n) is 3.22. The highest BCUT2D eigenvalue weighted by Gasteiger charge is 2.28. The number of rotatable bonds is 4. The average Bonchev–Trinajstić information content (AvgIpc) is 2.86. The molecule has 0 saturated carbocycles. The van der Waals surface area contributed by atoms with E-state index in [1.807, 2.05) is 54.9 Å². The van der Waals surface area contributed by atoms with Crippen LogP contribution in [0.25, 0.3) is 0 Å². The molecule has 0 aliphatic carbocycles. The molecule has 0 bridgehead atoms. The average molecular weight is 275 g/mol. The molecule has 19 heavy (non-hydrogen) atoms. The van der Waals surface area contributed by atoms with Gasteiger partial charge in [0.2, 0.25) is 0 Å². The lowest BCUT2D eigenvalue weighted by Crippen LogP contribution is -2.46. The Morgan fingerprint density at radius 2 is 2.00 bits per heavy atom. The highest BCUT2D eigenvalue weighted by Crippen LogP contribution is 2.22. The number of amides is 1. The van der Waals surface area contributed by atoms with E-state index >= 15 is 0 Å². The van der Waals surface area contributed by atoms with E-state index in [1.54, 1.807) is 0 Å². The minimum absolute atomic E-state index is 0.147. The van der Waals surface area contributed by atoms with E-state index in [9.17, 15) is 9.90 Å². The predicted octanol–water partition coefficient (Wildman–Crippen LogP) is 2.69. The van der Waals surface area contributed by atoms with Gasteiger partial charge < -0.3 is 10.4 Å². The molecule has 2 N–H and O–H groups in total. The molecular formula is C15H17NO2S. The molecule has 100 valence electrons. The number of benzene rings is 1. The molecule has 3 nitrogen and oxygen atoms in total. The minimum Gasteiger partial charge on any atom is -0.394 e. The third-order valence-corrected chi connectivity index (χ3v) is 4.08. The first-order valence-corrected chi connectivity index (χ1v) is 7.03. The monoisotopic (exact) mass is 275 g/mol. The largest absolute Gasteiger partial charge is 0.394 e. The Balaban J connectivity index is 2.25. The van der Waals surface area contributed by atoms with Crippen LogP contribution in [0.3, 0.4) is 0 Å². The highest BCUT2D eigenvalue weighted by atomic mass is 32.1. The molecular weight excluding hydrogens is 258 g/mol. The quantitative estimate of drug-likeness (QED) is 0.901. The normalized spacial score (nSPS) is 13.8. The molecule has 4 heteroatoms. The van der Waals surface area contributed by atoms with Crippen molar-refractivity contribution in [3.63, 3.8) is 0 Å². The second-order valence-corrected chi connectivity index (χ2v) is 5.52. The molecule has 0 radical (unpaired) electrons. The number of aryl methyl sites for hydroxylation is 1. The number of hydrogen-bond acceptors (Lipinski definition) is 3. The summed E-state index contributed by atoms with van der Waals surface area (Å²) in [6, 6.07) is 9.50. The molecule has 2 rings (SSSR count).